The van der Waals surface area contributed by atoms with Crippen LogP contribution in [0, 0.1) is 6.92 Å². The molecule has 2 amide bonds. The van der Waals surface area contributed by atoms with Crippen LogP contribution in [0.5, 0.6) is 0 Å². The Morgan fingerprint density at radius 1 is 1.47 bits per heavy atom. The van der Waals surface area contributed by atoms with E-state index in [1.807, 2.05) is 0 Å². The molecule has 7 heteroatoms. The molecule has 7 nitrogen and oxygen atoms in total. The number of carboxylic acid groups (broad SMARTS) is 1. The number of hydrogen-bond donors (Lipinski definition) is 3. The third kappa shape index (κ3) is 3.05. The van der Waals surface area contributed by atoms with Gasteiger partial charge >= 0.3 is 12.0 Å². The normalized spacial score (nSPS) is 22.2. The molecule has 0 bridgehead atoms. The van der Waals surface area contributed by atoms with Gasteiger partial charge in [0.2, 0.25) is 0 Å². The van der Waals surface area contributed by atoms with E-state index in [1.165, 1.54) is 0 Å². The Kier molecular flexibility index (Phi) is 3.75. The first-order chi connectivity index (χ1) is 9.02. The molecule has 19 heavy (non-hydrogen) atoms. The van der Waals surface area contributed by atoms with Crippen molar-refractivity contribution in [2.45, 2.75) is 25.4 Å². The van der Waals surface area contributed by atoms with E-state index in [0.717, 1.165) is 5.76 Å². The molecule has 0 spiro atoms. The molecule has 1 aromatic heterocycles. The van der Waals surface area contributed by atoms with E-state index in [0.29, 0.717) is 12.4 Å². The maximum atomic E-state index is 11.7. The summed E-state index contributed by atoms with van der Waals surface area (Å²) in [7, 11) is 0. The van der Waals surface area contributed by atoms with E-state index < -0.39 is 17.5 Å². The van der Waals surface area contributed by atoms with Gasteiger partial charge in [0.15, 0.2) is 5.54 Å². The molecule has 1 aliphatic heterocycles. The molecule has 1 aliphatic rings. The standard InChI is InChI=1S/C12H16N2O5/c1-8-2-3-9(19-8)6-13-11(17)14-12(10(15)16)4-5-18-7-12/h2-3H,4-7H2,1H3,(H,15,16)(H2,13,14,17). The lowest BCUT2D eigenvalue weighted by molar-refractivity contribution is -0.144. The molecule has 1 unspecified atom stereocenters. The SMILES string of the molecule is Cc1ccc(CNC(=O)NC2(C(=O)O)CCOC2)o1. The molecular weight excluding hydrogens is 252 g/mol. The fourth-order valence-electron chi connectivity index (χ4n) is 1.89. The number of carbonyl (C=O) groups is 2. The third-order valence-corrected chi connectivity index (χ3v) is 3.00. The van der Waals surface area contributed by atoms with Crippen LogP contribution >= 0.6 is 0 Å². The van der Waals surface area contributed by atoms with Crippen LogP contribution in [0.1, 0.15) is 17.9 Å². The van der Waals surface area contributed by atoms with Crippen molar-refractivity contribution in [1.29, 1.82) is 0 Å². The molecule has 0 radical (unpaired) electrons. The predicted molar refractivity (Wildman–Crippen MR) is 64.6 cm³/mol. The van der Waals surface area contributed by atoms with Gasteiger partial charge in [-0.3, -0.25) is 0 Å². The molecule has 2 heterocycles. The average Bonchev–Trinajstić information content (AvgIpc) is 2.97. The lowest BCUT2D eigenvalue weighted by atomic mass is 9.99. The molecule has 1 aromatic rings. The monoisotopic (exact) mass is 268 g/mol. The highest BCUT2D eigenvalue weighted by Crippen LogP contribution is 2.18. The first-order valence-electron chi connectivity index (χ1n) is 5.94. The highest BCUT2D eigenvalue weighted by Gasteiger charge is 2.43. The molecule has 2 rings (SSSR count). The minimum atomic E-state index is -1.33. The molecule has 1 atom stereocenters. The van der Waals surface area contributed by atoms with E-state index in [4.69, 9.17) is 14.3 Å². The van der Waals surface area contributed by atoms with Crippen LogP contribution in [-0.4, -0.2) is 35.9 Å². The highest BCUT2D eigenvalue weighted by atomic mass is 16.5. The first-order valence-corrected chi connectivity index (χ1v) is 5.94. The van der Waals surface area contributed by atoms with E-state index in [1.54, 1.807) is 19.1 Å². The number of hydrogen-bond acceptors (Lipinski definition) is 4. The summed E-state index contributed by atoms with van der Waals surface area (Å²) in [5.74, 6) is 0.275. The molecule has 104 valence electrons. The number of aliphatic carboxylic acids is 1. The zero-order chi connectivity index (χ0) is 13.9. The summed E-state index contributed by atoms with van der Waals surface area (Å²) >= 11 is 0. The molecule has 0 saturated carbocycles. The number of urea groups is 1. The summed E-state index contributed by atoms with van der Waals surface area (Å²) in [6.07, 6.45) is 0.260. The highest BCUT2D eigenvalue weighted by molar-refractivity contribution is 5.86. The van der Waals surface area contributed by atoms with Crippen molar-refractivity contribution >= 4 is 12.0 Å². The minimum absolute atomic E-state index is 0.0182. The van der Waals surface area contributed by atoms with Gasteiger partial charge in [-0.15, -0.1) is 0 Å². The summed E-state index contributed by atoms with van der Waals surface area (Å²) in [5.41, 5.74) is -1.33. The van der Waals surface area contributed by atoms with Crippen molar-refractivity contribution in [2.75, 3.05) is 13.2 Å². The Labute approximate surface area is 109 Å². The first kappa shape index (κ1) is 13.4. The summed E-state index contributed by atoms with van der Waals surface area (Å²) < 4.78 is 10.3. The molecule has 0 aromatic carbocycles. The van der Waals surface area contributed by atoms with Gasteiger partial charge in [0.25, 0.3) is 0 Å². The van der Waals surface area contributed by atoms with Crippen molar-refractivity contribution in [1.82, 2.24) is 10.6 Å². The number of furan rings is 1. The maximum Gasteiger partial charge on any atom is 0.332 e. The second-order valence-corrected chi connectivity index (χ2v) is 4.51. The van der Waals surface area contributed by atoms with Crippen LogP contribution < -0.4 is 10.6 Å². The Morgan fingerprint density at radius 3 is 2.79 bits per heavy atom. The van der Waals surface area contributed by atoms with E-state index in [2.05, 4.69) is 10.6 Å². The zero-order valence-corrected chi connectivity index (χ0v) is 10.6. The lowest BCUT2D eigenvalue weighted by Crippen LogP contribution is -2.57. The fourth-order valence-corrected chi connectivity index (χ4v) is 1.89. The Balaban J connectivity index is 1.88. The Bertz CT molecular complexity index is 476. The number of ether oxygens (including phenoxy) is 1. The van der Waals surface area contributed by atoms with Gasteiger partial charge in [0, 0.05) is 13.0 Å². The van der Waals surface area contributed by atoms with E-state index in [9.17, 15) is 9.59 Å². The predicted octanol–water partition coefficient (Wildman–Crippen LogP) is 0.631. The summed E-state index contributed by atoms with van der Waals surface area (Å²) in [5, 5.41) is 14.2. The van der Waals surface area contributed by atoms with Crippen molar-refractivity contribution < 1.29 is 23.8 Å². The van der Waals surface area contributed by atoms with Gasteiger partial charge in [-0.1, -0.05) is 0 Å². The smallest absolute Gasteiger partial charge is 0.332 e. The molecule has 1 fully saturated rings. The topological polar surface area (TPSA) is 101 Å². The lowest BCUT2D eigenvalue weighted by Gasteiger charge is -2.23. The Hall–Kier alpha value is -2.02. The van der Waals surface area contributed by atoms with Crippen molar-refractivity contribution in [2.24, 2.45) is 0 Å². The second-order valence-electron chi connectivity index (χ2n) is 4.51. The average molecular weight is 268 g/mol. The number of carbonyl (C=O) groups excluding carboxylic acids is 1. The Morgan fingerprint density at radius 2 is 2.26 bits per heavy atom. The molecular formula is C12H16N2O5. The van der Waals surface area contributed by atoms with Crippen LogP contribution in [0.3, 0.4) is 0 Å². The quantitative estimate of drug-likeness (QED) is 0.743. The number of aryl methyl sites for hydroxylation is 1. The summed E-state index contributed by atoms with van der Waals surface area (Å²) in [4.78, 5) is 22.9. The van der Waals surface area contributed by atoms with Gasteiger partial charge in [0.1, 0.15) is 11.5 Å². The summed E-state index contributed by atoms with van der Waals surface area (Å²) in [6, 6.07) is 2.99. The van der Waals surface area contributed by atoms with Crippen LogP contribution in [0.15, 0.2) is 16.5 Å². The number of amides is 2. The molecule has 0 aliphatic carbocycles. The third-order valence-electron chi connectivity index (χ3n) is 3.00. The number of carboxylic acids is 1. The van der Waals surface area contributed by atoms with Crippen LogP contribution in [0.25, 0.3) is 0 Å². The van der Waals surface area contributed by atoms with Gasteiger partial charge in [0.05, 0.1) is 13.2 Å². The van der Waals surface area contributed by atoms with Gasteiger partial charge in [-0.25, -0.2) is 9.59 Å². The largest absolute Gasteiger partial charge is 0.479 e. The number of rotatable bonds is 4. The second kappa shape index (κ2) is 5.31. The maximum absolute atomic E-state index is 11.7. The van der Waals surface area contributed by atoms with E-state index >= 15 is 0 Å². The van der Waals surface area contributed by atoms with Crippen LogP contribution in [0.2, 0.25) is 0 Å². The molecule has 3 N–H and O–H groups in total. The summed E-state index contributed by atoms with van der Waals surface area (Å²) in [6.45, 7) is 2.31. The minimum Gasteiger partial charge on any atom is -0.479 e. The van der Waals surface area contributed by atoms with Crippen molar-refractivity contribution in [3.63, 3.8) is 0 Å². The fraction of sp³-hybridized carbons (Fsp3) is 0.500. The van der Waals surface area contributed by atoms with E-state index in [-0.39, 0.29) is 19.6 Å². The van der Waals surface area contributed by atoms with Crippen LogP contribution in [0.4, 0.5) is 4.79 Å². The van der Waals surface area contributed by atoms with Gasteiger partial charge in [-0.2, -0.15) is 0 Å². The zero-order valence-electron chi connectivity index (χ0n) is 10.6. The van der Waals surface area contributed by atoms with Gasteiger partial charge < -0.3 is 24.9 Å². The number of nitrogens with one attached hydrogen (secondary N) is 2. The van der Waals surface area contributed by atoms with Crippen molar-refractivity contribution in [3.8, 4) is 0 Å². The van der Waals surface area contributed by atoms with Crippen molar-refractivity contribution in [3.05, 3.63) is 23.7 Å². The van der Waals surface area contributed by atoms with Gasteiger partial charge in [-0.05, 0) is 19.1 Å². The van der Waals surface area contributed by atoms with Crippen LogP contribution in [-0.2, 0) is 16.1 Å². The molecule has 1 saturated heterocycles.